The molecule has 0 aromatic heterocycles. The summed E-state index contributed by atoms with van der Waals surface area (Å²) in [6.07, 6.45) is 4.35. The van der Waals surface area contributed by atoms with Crippen molar-refractivity contribution in [1.82, 2.24) is 4.90 Å². The molecule has 31 heavy (non-hydrogen) atoms. The Morgan fingerprint density at radius 2 is 1.26 bits per heavy atom. The zero-order chi connectivity index (χ0) is 24.0. The van der Waals surface area contributed by atoms with Crippen LogP contribution in [0.2, 0.25) is 0 Å². The minimum Gasteiger partial charge on any atom is -0.458 e. The Morgan fingerprint density at radius 3 is 1.58 bits per heavy atom. The van der Waals surface area contributed by atoms with Gasteiger partial charge in [-0.25, -0.2) is 14.5 Å². The van der Waals surface area contributed by atoms with Crippen LogP contribution in [0.25, 0.3) is 0 Å². The van der Waals surface area contributed by atoms with Gasteiger partial charge in [0, 0.05) is 19.8 Å². The van der Waals surface area contributed by atoms with Crippen molar-refractivity contribution in [3.8, 4) is 0 Å². The smallest absolute Gasteiger partial charge is 0.420 e. The monoisotopic (exact) mass is 441 g/mol. The molecule has 2 amide bonds. The first-order valence-electron chi connectivity index (χ1n) is 10.2. The highest BCUT2D eigenvalue weighted by Crippen LogP contribution is 2.23. The lowest BCUT2D eigenvalue weighted by atomic mass is 10.2. The molecule has 0 unspecified atom stereocenters. The molecule has 176 valence electrons. The van der Waals surface area contributed by atoms with Crippen molar-refractivity contribution in [3.63, 3.8) is 0 Å². The molecule has 0 heterocycles. The molecule has 9 nitrogen and oxygen atoms in total. The van der Waals surface area contributed by atoms with Gasteiger partial charge in [0.05, 0.1) is 18.2 Å². The molecule has 0 aromatic carbocycles. The summed E-state index contributed by atoms with van der Waals surface area (Å²) < 4.78 is 15.3. The van der Waals surface area contributed by atoms with Crippen LogP contribution in [0.1, 0.15) is 61.3 Å². The third-order valence-electron chi connectivity index (χ3n) is 3.89. The lowest BCUT2D eigenvalue weighted by molar-refractivity contribution is -0.144. The van der Waals surface area contributed by atoms with Crippen LogP contribution in [0.3, 0.4) is 0 Å². The summed E-state index contributed by atoms with van der Waals surface area (Å²) in [6, 6.07) is -0.565. The predicted molar refractivity (Wildman–Crippen MR) is 113 cm³/mol. The maximum atomic E-state index is 12.3. The maximum Gasteiger partial charge on any atom is 0.420 e. The highest BCUT2D eigenvalue weighted by Gasteiger charge is 2.37. The summed E-state index contributed by atoms with van der Waals surface area (Å²) in [6.45, 7) is 11.7. The van der Waals surface area contributed by atoms with Crippen molar-refractivity contribution in [1.29, 1.82) is 0 Å². The van der Waals surface area contributed by atoms with Gasteiger partial charge >= 0.3 is 18.2 Å². The first-order valence-corrected chi connectivity index (χ1v) is 10.2. The predicted octanol–water partition coefficient (Wildman–Crippen LogP) is 3.09. The van der Waals surface area contributed by atoms with Gasteiger partial charge < -0.3 is 24.4 Å². The Morgan fingerprint density at radius 1 is 0.806 bits per heavy atom. The number of aliphatic hydroxyl groups is 2. The summed E-state index contributed by atoms with van der Waals surface area (Å²) in [5, 5.41) is 18.5. The van der Waals surface area contributed by atoms with Crippen molar-refractivity contribution in [2.75, 3.05) is 0 Å². The topological polar surface area (TPSA) is 123 Å². The van der Waals surface area contributed by atoms with Gasteiger partial charge in [-0.2, -0.15) is 0 Å². The average Bonchev–Trinajstić information content (AvgIpc) is 3.12. The molecule has 0 fully saturated rings. The van der Waals surface area contributed by atoms with Gasteiger partial charge in [0.2, 0.25) is 0 Å². The van der Waals surface area contributed by atoms with E-state index in [4.69, 9.17) is 19.3 Å². The molecule has 2 aliphatic carbocycles. The minimum atomic E-state index is -0.777. The van der Waals surface area contributed by atoms with Crippen LogP contribution >= 0.6 is 0 Å². The second-order valence-corrected chi connectivity index (χ2v) is 9.42. The Labute approximate surface area is 183 Å². The minimum absolute atomic E-state index is 0.215. The summed E-state index contributed by atoms with van der Waals surface area (Å²) in [5.74, 6) is -0.302. The molecule has 2 N–H and O–H groups in total. The zero-order valence-electron chi connectivity index (χ0n) is 19.3. The molecule has 4 atom stereocenters. The van der Waals surface area contributed by atoms with Crippen molar-refractivity contribution < 1.29 is 38.8 Å². The number of carbonyl (C=O) groups is 3. The number of esters is 1. The highest BCUT2D eigenvalue weighted by molar-refractivity contribution is 5.89. The van der Waals surface area contributed by atoms with E-state index in [1.165, 1.54) is 6.92 Å². The quantitative estimate of drug-likeness (QED) is 0.381. The number of aliphatic hydroxyl groups excluding tert-OH is 2. The number of amides is 2. The highest BCUT2D eigenvalue weighted by atomic mass is 16.6. The van der Waals surface area contributed by atoms with E-state index in [-0.39, 0.29) is 18.5 Å². The molecule has 9 heteroatoms. The second kappa shape index (κ2) is 10.8. The first kappa shape index (κ1) is 26.6. The Bertz CT molecular complexity index is 673. The van der Waals surface area contributed by atoms with Gasteiger partial charge in [0.1, 0.15) is 17.3 Å². The normalized spacial score (nSPS) is 24.8. The molecule has 0 saturated carbocycles. The van der Waals surface area contributed by atoms with Gasteiger partial charge in [-0.05, 0) is 47.6 Å². The number of hydrogen-bond acceptors (Lipinski definition) is 8. The molecule has 0 aromatic rings. The SMILES string of the molecule is CC(=O)O[C@H]1C=C[C@@H](O)C1.CC(C)(C)OC(=O)N(C(=O)OC(C)(C)C)[C@H]1C=C[C@@H](O)C1. The van der Waals surface area contributed by atoms with E-state index in [2.05, 4.69) is 0 Å². The van der Waals surface area contributed by atoms with Crippen LogP contribution < -0.4 is 0 Å². The van der Waals surface area contributed by atoms with Crippen LogP contribution in [0.15, 0.2) is 24.3 Å². The average molecular weight is 442 g/mol. The van der Waals surface area contributed by atoms with Crippen LogP contribution in [-0.4, -0.2) is 68.8 Å². The van der Waals surface area contributed by atoms with Crippen LogP contribution in [-0.2, 0) is 19.0 Å². The van der Waals surface area contributed by atoms with Gasteiger partial charge in [-0.15, -0.1) is 0 Å². The molecule has 0 radical (unpaired) electrons. The number of imide groups is 1. The summed E-state index contributed by atoms with van der Waals surface area (Å²) in [7, 11) is 0. The van der Waals surface area contributed by atoms with Crippen LogP contribution in [0, 0.1) is 0 Å². The van der Waals surface area contributed by atoms with E-state index in [1.807, 2.05) is 0 Å². The van der Waals surface area contributed by atoms with Crippen LogP contribution in [0.4, 0.5) is 9.59 Å². The van der Waals surface area contributed by atoms with Gasteiger partial charge in [-0.3, -0.25) is 4.79 Å². The lowest BCUT2D eigenvalue weighted by Crippen LogP contribution is -2.48. The number of ether oxygens (including phenoxy) is 3. The molecule has 0 spiro atoms. The number of nitrogens with zero attached hydrogens (tertiary/aromatic N) is 1. The third kappa shape index (κ3) is 10.5. The lowest BCUT2D eigenvalue weighted by Gasteiger charge is -2.31. The number of carbonyl (C=O) groups excluding carboxylic acids is 3. The number of rotatable bonds is 2. The van der Waals surface area contributed by atoms with E-state index in [1.54, 1.807) is 65.8 Å². The van der Waals surface area contributed by atoms with Crippen LogP contribution in [0.5, 0.6) is 0 Å². The molecule has 0 aliphatic heterocycles. The molecule has 2 aliphatic rings. The Balaban J connectivity index is 0.000000399. The van der Waals surface area contributed by atoms with Gasteiger partial charge in [0.25, 0.3) is 0 Å². The van der Waals surface area contributed by atoms with E-state index in [0.29, 0.717) is 6.42 Å². The maximum absolute atomic E-state index is 12.3. The second-order valence-electron chi connectivity index (χ2n) is 9.42. The summed E-state index contributed by atoms with van der Waals surface area (Å²) in [5.41, 5.74) is -1.45. The zero-order valence-corrected chi connectivity index (χ0v) is 19.3. The van der Waals surface area contributed by atoms with E-state index in [0.717, 1.165) is 4.90 Å². The fourth-order valence-corrected chi connectivity index (χ4v) is 2.77. The molecule has 2 rings (SSSR count). The molecular formula is C22H35NO8. The molecular weight excluding hydrogens is 406 g/mol. The van der Waals surface area contributed by atoms with Gasteiger partial charge in [-0.1, -0.05) is 18.2 Å². The van der Waals surface area contributed by atoms with E-state index < -0.39 is 41.6 Å². The van der Waals surface area contributed by atoms with Crippen molar-refractivity contribution in [2.24, 2.45) is 0 Å². The fraction of sp³-hybridized carbons (Fsp3) is 0.682. The molecule has 0 saturated heterocycles. The van der Waals surface area contributed by atoms with Crippen molar-refractivity contribution in [2.45, 2.75) is 96.9 Å². The largest absolute Gasteiger partial charge is 0.458 e. The fourth-order valence-electron chi connectivity index (χ4n) is 2.77. The first-order chi connectivity index (χ1) is 14.1. The summed E-state index contributed by atoms with van der Waals surface area (Å²) >= 11 is 0. The summed E-state index contributed by atoms with van der Waals surface area (Å²) in [4.78, 5) is 35.8. The Hall–Kier alpha value is -2.39. The number of hydrogen-bond donors (Lipinski definition) is 2. The third-order valence-corrected chi connectivity index (χ3v) is 3.89. The van der Waals surface area contributed by atoms with E-state index in [9.17, 15) is 19.5 Å². The Kier molecular flexibility index (Phi) is 9.26. The van der Waals surface area contributed by atoms with Crippen molar-refractivity contribution >= 4 is 18.2 Å². The van der Waals surface area contributed by atoms with Gasteiger partial charge in [0.15, 0.2) is 0 Å². The molecule has 0 bridgehead atoms. The van der Waals surface area contributed by atoms with E-state index >= 15 is 0 Å². The standard InChI is InChI=1S/C15H25NO5.C7H10O3/c1-14(2,3)20-12(18)16(10-7-8-11(17)9-10)13(19)21-15(4,5)6;1-5(8)10-7-3-2-6(9)4-7/h7-8,10-11,17H,9H2,1-6H3;2-3,6-7,9H,4H2,1H3/t10-,11+;6-,7+/m01/s1. The van der Waals surface area contributed by atoms with Crippen molar-refractivity contribution in [3.05, 3.63) is 24.3 Å².